The number of carbonyl (C=O) groups excluding carboxylic acids is 1. The SMILES string of the molecule is Cc1cc2c(cc1C)N=C(c1ccc(F)cc1)CC(SCC(=O)Nc1ccc(Br)cc1)=N2. The molecule has 3 aromatic carbocycles. The number of amides is 1. The van der Waals surface area contributed by atoms with E-state index in [0.29, 0.717) is 6.42 Å². The number of halogens is 2. The van der Waals surface area contributed by atoms with E-state index in [4.69, 9.17) is 9.98 Å². The lowest BCUT2D eigenvalue weighted by Crippen LogP contribution is -2.16. The molecule has 7 heteroatoms. The van der Waals surface area contributed by atoms with Crippen LogP contribution in [-0.2, 0) is 4.79 Å². The molecule has 0 spiro atoms. The second kappa shape index (κ2) is 9.79. The van der Waals surface area contributed by atoms with Gasteiger partial charge in [-0.2, -0.15) is 0 Å². The van der Waals surface area contributed by atoms with Crippen molar-refractivity contribution in [2.24, 2.45) is 9.98 Å². The number of thioether (sulfide) groups is 1. The van der Waals surface area contributed by atoms with Crippen LogP contribution >= 0.6 is 27.7 Å². The first kappa shape index (κ1) is 22.4. The zero-order valence-electron chi connectivity index (χ0n) is 17.7. The lowest BCUT2D eigenvalue weighted by Gasteiger charge is -2.08. The number of fused-ring (bicyclic) bond motifs is 1. The Morgan fingerprint density at radius 3 is 2.28 bits per heavy atom. The number of benzene rings is 3. The van der Waals surface area contributed by atoms with E-state index < -0.39 is 0 Å². The van der Waals surface area contributed by atoms with Crippen LogP contribution in [0.1, 0.15) is 23.1 Å². The van der Waals surface area contributed by atoms with Crippen molar-refractivity contribution >= 4 is 61.4 Å². The molecular formula is C25H21BrFN3OS. The lowest BCUT2D eigenvalue weighted by atomic mass is 10.1. The summed E-state index contributed by atoms with van der Waals surface area (Å²) in [6.45, 7) is 4.08. The number of nitrogens with one attached hydrogen (secondary N) is 1. The Morgan fingerprint density at radius 2 is 1.62 bits per heavy atom. The van der Waals surface area contributed by atoms with Crippen molar-refractivity contribution in [2.75, 3.05) is 11.1 Å². The Balaban J connectivity index is 1.57. The van der Waals surface area contributed by atoms with E-state index in [0.717, 1.165) is 49.0 Å². The van der Waals surface area contributed by atoms with Gasteiger partial charge in [0.1, 0.15) is 5.82 Å². The summed E-state index contributed by atoms with van der Waals surface area (Å²) in [5.74, 6) is -0.168. The maximum absolute atomic E-state index is 13.4. The number of carbonyl (C=O) groups is 1. The molecule has 0 radical (unpaired) electrons. The second-order valence-corrected chi connectivity index (χ2v) is 9.48. The van der Waals surface area contributed by atoms with Gasteiger partial charge >= 0.3 is 0 Å². The molecule has 0 saturated heterocycles. The van der Waals surface area contributed by atoms with Gasteiger partial charge in [-0.15, -0.1) is 11.8 Å². The number of hydrogen-bond donors (Lipinski definition) is 1. The zero-order valence-corrected chi connectivity index (χ0v) is 20.1. The monoisotopic (exact) mass is 509 g/mol. The van der Waals surface area contributed by atoms with Gasteiger partial charge in [0, 0.05) is 16.6 Å². The topological polar surface area (TPSA) is 53.8 Å². The number of nitrogens with zero attached hydrogens (tertiary/aromatic N) is 2. The molecule has 3 aromatic rings. The van der Waals surface area contributed by atoms with Crippen LogP contribution in [0.2, 0.25) is 0 Å². The van der Waals surface area contributed by atoms with Crippen LogP contribution in [-0.4, -0.2) is 22.4 Å². The summed E-state index contributed by atoms with van der Waals surface area (Å²) in [6, 6.07) is 17.8. The van der Waals surface area contributed by atoms with Crippen molar-refractivity contribution < 1.29 is 9.18 Å². The average Bonchev–Trinajstić information content (AvgIpc) is 2.94. The summed E-state index contributed by atoms with van der Waals surface area (Å²) in [6.07, 6.45) is 0.467. The van der Waals surface area contributed by atoms with Crippen LogP contribution in [0.25, 0.3) is 0 Å². The highest BCUT2D eigenvalue weighted by Crippen LogP contribution is 2.36. The minimum Gasteiger partial charge on any atom is -0.325 e. The normalized spacial score (nSPS) is 13.0. The minimum atomic E-state index is -0.289. The van der Waals surface area contributed by atoms with Gasteiger partial charge in [-0.05, 0) is 79.1 Å². The Bertz CT molecular complexity index is 1220. The number of rotatable bonds is 4. The van der Waals surface area contributed by atoms with Crippen LogP contribution in [0.15, 0.2) is 75.1 Å². The predicted molar refractivity (Wildman–Crippen MR) is 135 cm³/mol. The minimum absolute atomic E-state index is 0.107. The second-order valence-electron chi connectivity index (χ2n) is 7.52. The fraction of sp³-hybridized carbons (Fsp3) is 0.160. The maximum Gasteiger partial charge on any atom is 0.234 e. The summed E-state index contributed by atoms with van der Waals surface area (Å²) in [5.41, 5.74) is 6.20. The first-order chi connectivity index (χ1) is 15.4. The smallest absolute Gasteiger partial charge is 0.234 e. The number of aliphatic imine (C=N–C) groups is 2. The van der Waals surface area contributed by atoms with Crippen LogP contribution in [0.5, 0.6) is 0 Å². The Hall–Kier alpha value is -2.77. The Kier molecular flexibility index (Phi) is 6.86. The van der Waals surface area contributed by atoms with Gasteiger partial charge in [-0.25, -0.2) is 9.38 Å². The van der Waals surface area contributed by atoms with Crippen LogP contribution in [0, 0.1) is 19.7 Å². The Labute approximate surface area is 199 Å². The maximum atomic E-state index is 13.4. The first-order valence-electron chi connectivity index (χ1n) is 10.1. The van der Waals surface area contributed by atoms with Crippen molar-refractivity contribution in [2.45, 2.75) is 20.3 Å². The van der Waals surface area contributed by atoms with E-state index in [2.05, 4.69) is 21.2 Å². The van der Waals surface area contributed by atoms with Crippen molar-refractivity contribution in [3.05, 3.63) is 87.6 Å². The molecule has 0 aromatic heterocycles. The molecule has 162 valence electrons. The molecular weight excluding hydrogens is 489 g/mol. The van der Waals surface area contributed by atoms with Gasteiger partial charge in [-0.3, -0.25) is 9.79 Å². The molecule has 1 N–H and O–H groups in total. The fourth-order valence-corrected chi connectivity index (χ4v) is 4.27. The molecule has 1 aliphatic heterocycles. The first-order valence-corrected chi connectivity index (χ1v) is 11.9. The number of anilines is 1. The molecule has 0 saturated carbocycles. The predicted octanol–water partition coefficient (Wildman–Crippen LogP) is 7.13. The average molecular weight is 510 g/mol. The largest absolute Gasteiger partial charge is 0.325 e. The Morgan fingerprint density at radius 1 is 1.00 bits per heavy atom. The van der Waals surface area contributed by atoms with E-state index in [1.54, 1.807) is 12.1 Å². The van der Waals surface area contributed by atoms with Crippen LogP contribution < -0.4 is 5.32 Å². The van der Waals surface area contributed by atoms with Crippen molar-refractivity contribution in [1.82, 2.24) is 0 Å². The zero-order chi connectivity index (χ0) is 22.7. The van der Waals surface area contributed by atoms with Gasteiger partial charge in [0.05, 0.1) is 27.9 Å². The molecule has 4 nitrogen and oxygen atoms in total. The molecule has 0 fully saturated rings. The van der Waals surface area contributed by atoms with Crippen LogP contribution in [0.3, 0.4) is 0 Å². The highest BCUT2D eigenvalue weighted by atomic mass is 79.9. The third kappa shape index (κ3) is 5.53. The summed E-state index contributed by atoms with van der Waals surface area (Å²) in [5, 5.41) is 3.69. The fourth-order valence-electron chi connectivity index (χ4n) is 3.24. The summed E-state index contributed by atoms with van der Waals surface area (Å²) >= 11 is 4.78. The lowest BCUT2D eigenvalue weighted by molar-refractivity contribution is -0.113. The number of aryl methyl sites for hydroxylation is 2. The van der Waals surface area contributed by atoms with Crippen molar-refractivity contribution in [1.29, 1.82) is 0 Å². The third-order valence-electron chi connectivity index (χ3n) is 5.09. The van der Waals surface area contributed by atoms with E-state index in [9.17, 15) is 9.18 Å². The van der Waals surface area contributed by atoms with Crippen LogP contribution in [0.4, 0.5) is 21.5 Å². The molecule has 1 aliphatic rings. The standard InChI is InChI=1S/C25H21BrFN3OS/c1-15-11-22-23(12-16(15)2)30-25(13-21(29-22)17-3-7-19(27)8-4-17)32-14-24(31)28-20-9-5-18(26)6-10-20/h3-12H,13-14H2,1-2H3,(H,28,31). The van der Waals surface area contributed by atoms with Gasteiger partial charge in [0.15, 0.2) is 0 Å². The summed E-state index contributed by atoms with van der Waals surface area (Å²) in [7, 11) is 0. The van der Waals surface area contributed by atoms with E-state index in [1.165, 1.54) is 23.9 Å². The third-order valence-corrected chi connectivity index (χ3v) is 6.59. The highest BCUT2D eigenvalue weighted by Gasteiger charge is 2.18. The van der Waals surface area contributed by atoms with Crippen molar-refractivity contribution in [3.63, 3.8) is 0 Å². The molecule has 0 bridgehead atoms. The van der Waals surface area contributed by atoms with Crippen molar-refractivity contribution in [3.8, 4) is 0 Å². The van der Waals surface area contributed by atoms with Gasteiger partial charge in [0.25, 0.3) is 0 Å². The summed E-state index contributed by atoms with van der Waals surface area (Å²) < 4.78 is 14.4. The highest BCUT2D eigenvalue weighted by molar-refractivity contribution is 9.10. The van der Waals surface area contributed by atoms with Gasteiger partial charge < -0.3 is 5.32 Å². The van der Waals surface area contributed by atoms with Gasteiger partial charge in [0.2, 0.25) is 5.91 Å². The van der Waals surface area contributed by atoms with E-state index >= 15 is 0 Å². The molecule has 0 unspecified atom stereocenters. The number of hydrogen-bond acceptors (Lipinski definition) is 4. The molecule has 1 amide bonds. The summed E-state index contributed by atoms with van der Waals surface area (Å²) in [4.78, 5) is 22.2. The molecule has 0 aliphatic carbocycles. The van der Waals surface area contributed by atoms with Gasteiger partial charge in [-0.1, -0.05) is 28.1 Å². The quantitative estimate of drug-likeness (QED) is 0.406. The molecule has 1 heterocycles. The van der Waals surface area contributed by atoms with E-state index in [1.807, 2.05) is 50.2 Å². The molecule has 4 rings (SSSR count). The molecule has 0 atom stereocenters. The molecule has 32 heavy (non-hydrogen) atoms. The van der Waals surface area contributed by atoms with E-state index in [-0.39, 0.29) is 17.5 Å².